The lowest BCUT2D eigenvalue weighted by molar-refractivity contribution is 0.131. The van der Waals surface area contributed by atoms with Crippen LogP contribution in [-0.4, -0.2) is 10.6 Å². The largest absolute Gasteiger partial charge is 0.482 e. The van der Waals surface area contributed by atoms with E-state index in [1.54, 1.807) is 0 Å². The molecule has 1 unspecified atom stereocenters. The highest BCUT2D eigenvalue weighted by molar-refractivity contribution is 6.11. The van der Waals surface area contributed by atoms with E-state index in [4.69, 9.17) is 4.74 Å². The highest BCUT2D eigenvalue weighted by Gasteiger charge is 2.28. The van der Waals surface area contributed by atoms with Gasteiger partial charge in [0.1, 0.15) is 11.4 Å². The molecule has 0 radical (unpaired) electrons. The van der Waals surface area contributed by atoms with Crippen molar-refractivity contribution >= 4 is 27.9 Å². The van der Waals surface area contributed by atoms with E-state index in [2.05, 4.69) is 80.4 Å². The van der Waals surface area contributed by atoms with E-state index < -0.39 is 0 Å². The van der Waals surface area contributed by atoms with Crippen LogP contribution < -0.4 is 4.74 Å². The first-order valence-electron chi connectivity index (χ1n) is 8.61. The number of benzene rings is 2. The zero-order chi connectivity index (χ0) is 16.7. The summed E-state index contributed by atoms with van der Waals surface area (Å²) in [5.74, 6) is 1.01. The van der Waals surface area contributed by atoms with Gasteiger partial charge in [-0.15, -0.1) is 0 Å². The first kappa shape index (κ1) is 15.1. The summed E-state index contributed by atoms with van der Waals surface area (Å²) in [6, 6.07) is 12.7. The number of allylic oxidation sites excluding steroid dienone is 2. The van der Waals surface area contributed by atoms with E-state index in [1.165, 1.54) is 16.3 Å². The molecule has 1 aromatic heterocycles. The number of para-hydroxylation sites is 1. The van der Waals surface area contributed by atoms with Gasteiger partial charge in [-0.3, -0.25) is 0 Å². The van der Waals surface area contributed by atoms with Crippen LogP contribution in [0.2, 0.25) is 0 Å². The molecule has 122 valence electrons. The van der Waals surface area contributed by atoms with Crippen LogP contribution in [0.25, 0.3) is 27.9 Å². The molecule has 24 heavy (non-hydrogen) atoms. The van der Waals surface area contributed by atoms with E-state index in [-0.39, 0.29) is 5.60 Å². The lowest BCUT2D eigenvalue weighted by atomic mass is 9.93. The number of hydrogen-bond donors (Lipinski definition) is 1. The van der Waals surface area contributed by atoms with Crippen molar-refractivity contribution in [3.05, 3.63) is 59.7 Å². The van der Waals surface area contributed by atoms with Gasteiger partial charge in [0.05, 0.1) is 10.9 Å². The van der Waals surface area contributed by atoms with Crippen LogP contribution in [0.5, 0.6) is 5.75 Å². The quantitative estimate of drug-likeness (QED) is 0.569. The molecule has 0 aliphatic carbocycles. The summed E-state index contributed by atoms with van der Waals surface area (Å²) in [7, 11) is 0. The molecule has 0 spiro atoms. The van der Waals surface area contributed by atoms with Gasteiger partial charge in [0, 0.05) is 16.5 Å². The van der Waals surface area contributed by atoms with Crippen molar-refractivity contribution in [1.29, 1.82) is 0 Å². The molecular formula is C22H23NO. The zero-order valence-electron chi connectivity index (χ0n) is 14.5. The van der Waals surface area contributed by atoms with Gasteiger partial charge >= 0.3 is 0 Å². The number of fused-ring (bicyclic) bond motifs is 5. The van der Waals surface area contributed by atoms with Crippen LogP contribution in [0, 0.1) is 0 Å². The standard InChI is InChI=1S/C22H23NO/c1-15(2)7-6-13-22(3)14-12-16-10-11-19-20(21(16)24-22)17-8-4-5-9-18(17)23-19/h4-5,7-12,14,23H,6,13H2,1-3H3. The summed E-state index contributed by atoms with van der Waals surface area (Å²) in [6.45, 7) is 6.47. The van der Waals surface area contributed by atoms with Crippen molar-refractivity contribution in [2.75, 3.05) is 0 Å². The molecule has 0 fully saturated rings. The first-order valence-corrected chi connectivity index (χ1v) is 8.61. The molecule has 0 saturated carbocycles. The van der Waals surface area contributed by atoms with Crippen LogP contribution in [0.15, 0.2) is 54.1 Å². The van der Waals surface area contributed by atoms with Gasteiger partial charge < -0.3 is 9.72 Å². The Morgan fingerprint density at radius 3 is 2.79 bits per heavy atom. The van der Waals surface area contributed by atoms with Crippen molar-refractivity contribution in [3.8, 4) is 5.75 Å². The summed E-state index contributed by atoms with van der Waals surface area (Å²) < 4.78 is 6.54. The maximum atomic E-state index is 6.54. The monoisotopic (exact) mass is 317 g/mol. The minimum Gasteiger partial charge on any atom is -0.482 e. The third kappa shape index (κ3) is 2.52. The fraction of sp³-hybridized carbons (Fsp3) is 0.273. The molecule has 2 nitrogen and oxygen atoms in total. The Bertz CT molecular complexity index is 972. The summed E-state index contributed by atoms with van der Waals surface area (Å²) in [5.41, 5.74) is 4.55. The van der Waals surface area contributed by atoms with E-state index in [0.29, 0.717) is 0 Å². The molecule has 3 aromatic rings. The van der Waals surface area contributed by atoms with Crippen molar-refractivity contribution in [2.45, 2.75) is 39.2 Å². The van der Waals surface area contributed by atoms with Gasteiger partial charge in [-0.25, -0.2) is 0 Å². The molecule has 2 heterocycles. The molecule has 1 N–H and O–H groups in total. The SMILES string of the molecule is CC(C)=CCCC1(C)C=Cc2ccc3[nH]c4ccccc4c3c2O1. The van der Waals surface area contributed by atoms with Crippen LogP contribution >= 0.6 is 0 Å². The zero-order valence-corrected chi connectivity index (χ0v) is 14.5. The second-order valence-corrected chi connectivity index (χ2v) is 7.15. The average Bonchev–Trinajstić information content (AvgIpc) is 2.93. The normalized spacial score (nSPS) is 19.3. The number of ether oxygens (including phenoxy) is 1. The summed E-state index contributed by atoms with van der Waals surface area (Å²) in [4.78, 5) is 3.50. The molecule has 2 aromatic carbocycles. The highest BCUT2D eigenvalue weighted by atomic mass is 16.5. The first-order chi connectivity index (χ1) is 11.6. The predicted molar refractivity (Wildman–Crippen MR) is 103 cm³/mol. The molecule has 4 rings (SSSR count). The van der Waals surface area contributed by atoms with Gasteiger partial charge in [-0.1, -0.05) is 35.9 Å². The predicted octanol–water partition coefficient (Wildman–Crippen LogP) is 6.23. The molecule has 0 saturated heterocycles. The average molecular weight is 317 g/mol. The number of rotatable bonds is 3. The van der Waals surface area contributed by atoms with Crippen molar-refractivity contribution < 1.29 is 4.74 Å². The highest BCUT2D eigenvalue weighted by Crippen LogP contribution is 2.42. The van der Waals surface area contributed by atoms with Crippen LogP contribution in [-0.2, 0) is 0 Å². The maximum Gasteiger partial charge on any atom is 0.137 e. The Morgan fingerprint density at radius 2 is 1.96 bits per heavy atom. The molecule has 2 heteroatoms. The number of aromatic amines is 1. The third-order valence-corrected chi connectivity index (χ3v) is 4.80. The van der Waals surface area contributed by atoms with Gasteiger partial charge in [0.25, 0.3) is 0 Å². The van der Waals surface area contributed by atoms with Crippen molar-refractivity contribution in [2.24, 2.45) is 0 Å². The molecule has 0 amide bonds. The van der Waals surface area contributed by atoms with E-state index in [9.17, 15) is 0 Å². The molecule has 1 aliphatic rings. The van der Waals surface area contributed by atoms with Gasteiger partial charge in [-0.2, -0.15) is 0 Å². The Hall–Kier alpha value is -2.48. The van der Waals surface area contributed by atoms with Crippen LogP contribution in [0.1, 0.15) is 39.2 Å². The minimum absolute atomic E-state index is 0.258. The van der Waals surface area contributed by atoms with E-state index >= 15 is 0 Å². The Morgan fingerprint density at radius 1 is 1.12 bits per heavy atom. The topological polar surface area (TPSA) is 25.0 Å². The Kier molecular flexibility index (Phi) is 3.49. The fourth-order valence-corrected chi connectivity index (χ4v) is 3.48. The van der Waals surface area contributed by atoms with Crippen LogP contribution in [0.3, 0.4) is 0 Å². The number of hydrogen-bond acceptors (Lipinski definition) is 1. The summed E-state index contributed by atoms with van der Waals surface area (Å²) >= 11 is 0. The molecule has 1 atom stereocenters. The smallest absolute Gasteiger partial charge is 0.137 e. The molecule has 1 aliphatic heterocycles. The number of aromatic nitrogens is 1. The lowest BCUT2D eigenvalue weighted by Crippen LogP contribution is -2.31. The van der Waals surface area contributed by atoms with Gasteiger partial charge in [0.15, 0.2) is 0 Å². The Labute approximate surface area is 142 Å². The second kappa shape index (κ2) is 5.55. The van der Waals surface area contributed by atoms with Crippen molar-refractivity contribution in [3.63, 3.8) is 0 Å². The summed E-state index contributed by atoms with van der Waals surface area (Å²) in [5, 5.41) is 2.42. The fourth-order valence-electron chi connectivity index (χ4n) is 3.48. The van der Waals surface area contributed by atoms with Gasteiger partial charge in [-0.05, 0) is 57.9 Å². The Balaban J connectivity index is 1.80. The molecular weight excluding hydrogens is 294 g/mol. The third-order valence-electron chi connectivity index (χ3n) is 4.80. The van der Waals surface area contributed by atoms with E-state index in [1.807, 2.05) is 0 Å². The molecule has 0 bridgehead atoms. The lowest BCUT2D eigenvalue weighted by Gasteiger charge is -2.32. The van der Waals surface area contributed by atoms with Crippen LogP contribution in [0.4, 0.5) is 0 Å². The van der Waals surface area contributed by atoms with E-state index in [0.717, 1.165) is 35.2 Å². The number of nitrogens with one attached hydrogen (secondary N) is 1. The van der Waals surface area contributed by atoms with Crippen molar-refractivity contribution in [1.82, 2.24) is 4.98 Å². The maximum absolute atomic E-state index is 6.54. The van der Waals surface area contributed by atoms with Gasteiger partial charge in [0.2, 0.25) is 0 Å². The summed E-state index contributed by atoms with van der Waals surface area (Å²) in [6.07, 6.45) is 8.71. The number of H-pyrrole nitrogens is 1. The second-order valence-electron chi connectivity index (χ2n) is 7.15. The minimum atomic E-state index is -0.258.